The van der Waals surface area contributed by atoms with Crippen molar-refractivity contribution in [3.8, 4) is 0 Å². The van der Waals surface area contributed by atoms with Crippen LogP contribution in [-0.2, 0) is 4.74 Å². The highest BCUT2D eigenvalue weighted by atomic mass is 35.5. The predicted molar refractivity (Wildman–Crippen MR) is 78.8 cm³/mol. The Morgan fingerprint density at radius 3 is 2.70 bits per heavy atom. The van der Waals surface area contributed by atoms with Gasteiger partial charge in [0.05, 0.1) is 5.69 Å². The second kappa shape index (κ2) is 7.33. The van der Waals surface area contributed by atoms with Crippen molar-refractivity contribution >= 4 is 23.4 Å². The average Bonchev–Trinajstić information content (AvgIpc) is 2.30. The molecule has 4 nitrogen and oxygen atoms in total. The zero-order chi connectivity index (χ0) is 15.2. The molecule has 20 heavy (non-hydrogen) atoms. The van der Waals surface area contributed by atoms with Gasteiger partial charge in [-0.25, -0.2) is 9.18 Å². The summed E-state index contributed by atoms with van der Waals surface area (Å²) in [6, 6.07) is 4.33. The van der Waals surface area contributed by atoms with Crippen LogP contribution in [0.5, 0.6) is 0 Å². The summed E-state index contributed by atoms with van der Waals surface area (Å²) in [5.41, 5.74) is -0.151. The zero-order valence-electron chi connectivity index (χ0n) is 11.9. The molecule has 0 aliphatic heterocycles. The minimum atomic E-state index is -0.508. The van der Waals surface area contributed by atoms with Gasteiger partial charge in [-0.1, -0.05) is 11.6 Å². The first-order chi connectivity index (χ1) is 9.28. The third-order valence-corrected chi connectivity index (χ3v) is 2.50. The van der Waals surface area contributed by atoms with E-state index in [2.05, 4.69) is 10.6 Å². The van der Waals surface area contributed by atoms with Gasteiger partial charge in [0.1, 0.15) is 11.4 Å². The van der Waals surface area contributed by atoms with Gasteiger partial charge in [0, 0.05) is 18.1 Å². The standard InChI is InChI=1S/C14H20ClFN2O2/c1-14(2,3)20-13(19)18-8-4-7-17-12-9-10(15)5-6-11(12)16/h5-6,9,17H,4,7-8H2,1-3H3,(H,18,19). The van der Waals surface area contributed by atoms with Crippen LogP contribution < -0.4 is 10.6 Å². The Morgan fingerprint density at radius 1 is 1.35 bits per heavy atom. The molecule has 0 saturated carbocycles. The molecule has 0 atom stereocenters. The van der Waals surface area contributed by atoms with E-state index < -0.39 is 11.7 Å². The number of amides is 1. The predicted octanol–water partition coefficient (Wildman–Crippen LogP) is 3.81. The first-order valence-corrected chi connectivity index (χ1v) is 6.81. The summed E-state index contributed by atoms with van der Waals surface area (Å²) in [6.07, 6.45) is 0.192. The van der Waals surface area contributed by atoms with E-state index in [0.29, 0.717) is 30.2 Å². The van der Waals surface area contributed by atoms with E-state index in [4.69, 9.17) is 16.3 Å². The maximum atomic E-state index is 13.4. The maximum absolute atomic E-state index is 13.4. The molecule has 0 unspecified atom stereocenters. The molecule has 0 heterocycles. The minimum Gasteiger partial charge on any atom is -0.444 e. The van der Waals surface area contributed by atoms with E-state index in [1.54, 1.807) is 20.8 Å². The summed E-state index contributed by atoms with van der Waals surface area (Å²) in [7, 11) is 0. The van der Waals surface area contributed by atoms with E-state index in [1.165, 1.54) is 18.2 Å². The molecule has 0 bridgehead atoms. The lowest BCUT2D eigenvalue weighted by Crippen LogP contribution is -2.33. The number of hydrogen-bond acceptors (Lipinski definition) is 3. The van der Waals surface area contributed by atoms with E-state index in [1.807, 2.05) is 0 Å². The number of carbonyl (C=O) groups is 1. The Bertz CT molecular complexity index is 461. The Labute approximate surface area is 123 Å². The molecule has 112 valence electrons. The second-order valence-electron chi connectivity index (χ2n) is 5.33. The van der Waals surface area contributed by atoms with Gasteiger partial charge < -0.3 is 15.4 Å². The molecule has 0 aliphatic rings. The van der Waals surface area contributed by atoms with Gasteiger partial charge in [0.25, 0.3) is 0 Å². The topological polar surface area (TPSA) is 50.4 Å². The van der Waals surface area contributed by atoms with E-state index in [9.17, 15) is 9.18 Å². The van der Waals surface area contributed by atoms with Crippen LogP contribution in [0.15, 0.2) is 18.2 Å². The molecule has 0 aromatic heterocycles. The van der Waals surface area contributed by atoms with Crippen LogP contribution in [-0.4, -0.2) is 24.8 Å². The molecule has 1 rings (SSSR count). The Morgan fingerprint density at radius 2 is 2.05 bits per heavy atom. The fraction of sp³-hybridized carbons (Fsp3) is 0.500. The number of rotatable bonds is 5. The second-order valence-corrected chi connectivity index (χ2v) is 5.77. The van der Waals surface area contributed by atoms with Gasteiger partial charge >= 0.3 is 6.09 Å². The Balaban J connectivity index is 2.22. The third kappa shape index (κ3) is 6.61. The number of carbonyl (C=O) groups excluding carboxylic acids is 1. The minimum absolute atomic E-state index is 0.352. The summed E-state index contributed by atoms with van der Waals surface area (Å²) in [5, 5.41) is 6.03. The number of alkyl carbamates (subject to hydrolysis) is 1. The number of benzene rings is 1. The van der Waals surface area contributed by atoms with Gasteiger partial charge in [0.15, 0.2) is 0 Å². The van der Waals surface area contributed by atoms with Crippen molar-refractivity contribution in [2.45, 2.75) is 32.8 Å². The molecule has 0 spiro atoms. The average molecular weight is 303 g/mol. The summed E-state index contributed by atoms with van der Waals surface area (Å²) < 4.78 is 18.5. The maximum Gasteiger partial charge on any atom is 0.407 e. The van der Waals surface area contributed by atoms with Crippen molar-refractivity contribution in [2.24, 2.45) is 0 Å². The monoisotopic (exact) mass is 302 g/mol. The first kappa shape index (κ1) is 16.6. The molecule has 1 aromatic carbocycles. The highest BCUT2D eigenvalue weighted by Crippen LogP contribution is 2.19. The van der Waals surface area contributed by atoms with Crippen molar-refractivity contribution in [3.05, 3.63) is 29.0 Å². The molecule has 0 saturated heterocycles. The molecule has 0 aliphatic carbocycles. The highest BCUT2D eigenvalue weighted by molar-refractivity contribution is 6.30. The van der Waals surface area contributed by atoms with Crippen LogP contribution in [0.4, 0.5) is 14.9 Å². The normalized spacial score (nSPS) is 11.1. The number of hydrogen-bond donors (Lipinski definition) is 2. The van der Waals surface area contributed by atoms with Crippen LogP contribution in [0.2, 0.25) is 5.02 Å². The molecule has 1 amide bonds. The number of halogens is 2. The molecule has 2 N–H and O–H groups in total. The first-order valence-electron chi connectivity index (χ1n) is 6.44. The number of nitrogens with one attached hydrogen (secondary N) is 2. The van der Waals surface area contributed by atoms with Crippen molar-refractivity contribution in [1.82, 2.24) is 5.32 Å². The van der Waals surface area contributed by atoms with Gasteiger partial charge in [-0.15, -0.1) is 0 Å². The van der Waals surface area contributed by atoms with Crippen LogP contribution in [0.3, 0.4) is 0 Å². The zero-order valence-corrected chi connectivity index (χ0v) is 12.7. The molecule has 1 aromatic rings. The quantitative estimate of drug-likeness (QED) is 0.813. The SMILES string of the molecule is CC(C)(C)OC(=O)NCCCNc1cc(Cl)ccc1F. The smallest absolute Gasteiger partial charge is 0.407 e. The highest BCUT2D eigenvalue weighted by Gasteiger charge is 2.15. The Kier molecular flexibility index (Phi) is 6.07. The fourth-order valence-corrected chi connectivity index (χ4v) is 1.62. The largest absolute Gasteiger partial charge is 0.444 e. The Hall–Kier alpha value is -1.49. The summed E-state index contributed by atoms with van der Waals surface area (Å²) in [4.78, 5) is 11.4. The summed E-state index contributed by atoms with van der Waals surface area (Å²) >= 11 is 5.78. The molecular weight excluding hydrogens is 283 g/mol. The van der Waals surface area contributed by atoms with Crippen molar-refractivity contribution < 1.29 is 13.9 Å². The van der Waals surface area contributed by atoms with Crippen LogP contribution in [0.1, 0.15) is 27.2 Å². The lowest BCUT2D eigenvalue weighted by molar-refractivity contribution is 0.0528. The van der Waals surface area contributed by atoms with E-state index in [-0.39, 0.29) is 5.82 Å². The molecular formula is C14H20ClFN2O2. The molecule has 0 radical (unpaired) electrons. The van der Waals surface area contributed by atoms with Crippen molar-refractivity contribution in [1.29, 1.82) is 0 Å². The van der Waals surface area contributed by atoms with Gasteiger partial charge in [0.2, 0.25) is 0 Å². The van der Waals surface area contributed by atoms with Crippen molar-refractivity contribution in [3.63, 3.8) is 0 Å². The van der Waals surface area contributed by atoms with Gasteiger partial charge in [-0.05, 0) is 45.4 Å². The van der Waals surface area contributed by atoms with Crippen LogP contribution in [0, 0.1) is 5.82 Å². The fourth-order valence-electron chi connectivity index (χ4n) is 1.45. The third-order valence-electron chi connectivity index (χ3n) is 2.27. The summed E-state index contributed by atoms with van der Waals surface area (Å²) in [5.74, 6) is -0.352. The van der Waals surface area contributed by atoms with Gasteiger partial charge in [-0.2, -0.15) is 0 Å². The van der Waals surface area contributed by atoms with Crippen LogP contribution >= 0.6 is 11.6 Å². The molecule has 6 heteroatoms. The van der Waals surface area contributed by atoms with E-state index in [0.717, 1.165) is 0 Å². The van der Waals surface area contributed by atoms with Crippen molar-refractivity contribution in [2.75, 3.05) is 18.4 Å². The lowest BCUT2D eigenvalue weighted by atomic mass is 10.2. The van der Waals surface area contributed by atoms with Gasteiger partial charge in [-0.3, -0.25) is 0 Å². The summed E-state index contributed by atoms with van der Waals surface area (Å²) in [6.45, 7) is 6.37. The number of anilines is 1. The van der Waals surface area contributed by atoms with Crippen LogP contribution in [0.25, 0.3) is 0 Å². The number of ether oxygens (including phenoxy) is 1. The molecule has 0 fully saturated rings. The van der Waals surface area contributed by atoms with E-state index >= 15 is 0 Å². The lowest BCUT2D eigenvalue weighted by Gasteiger charge is -2.19.